The molecule has 1 aliphatic heterocycles. The zero-order valence-electron chi connectivity index (χ0n) is 11.9. The van der Waals surface area contributed by atoms with Crippen molar-refractivity contribution in [3.63, 3.8) is 0 Å². The lowest BCUT2D eigenvalue weighted by Crippen LogP contribution is -2.39. The van der Waals surface area contributed by atoms with Crippen LogP contribution in [0.4, 0.5) is 0 Å². The number of thioether (sulfide) groups is 1. The van der Waals surface area contributed by atoms with E-state index in [4.69, 9.17) is 22.7 Å². The molecular weight excluding hydrogens is 288 g/mol. The summed E-state index contributed by atoms with van der Waals surface area (Å²) in [6, 6.07) is 7.70. The van der Waals surface area contributed by atoms with E-state index in [0.29, 0.717) is 11.6 Å². The van der Waals surface area contributed by atoms with Crippen molar-refractivity contribution >= 4 is 29.0 Å². The Morgan fingerprint density at radius 3 is 3.05 bits per heavy atom. The molecule has 110 valence electrons. The van der Waals surface area contributed by atoms with E-state index < -0.39 is 0 Å². The van der Waals surface area contributed by atoms with Crippen LogP contribution in [0.3, 0.4) is 0 Å². The molecule has 0 radical (unpaired) electrons. The topological polar surface area (TPSA) is 38.5 Å². The summed E-state index contributed by atoms with van der Waals surface area (Å²) in [5, 5.41) is 0.771. The maximum absolute atomic E-state index is 5.85. The number of rotatable bonds is 6. The molecule has 1 atom stereocenters. The summed E-state index contributed by atoms with van der Waals surface area (Å²) in [6.07, 6.45) is 1.24. The Balaban J connectivity index is 1.82. The van der Waals surface area contributed by atoms with Crippen molar-refractivity contribution in [1.82, 2.24) is 4.90 Å². The summed E-state index contributed by atoms with van der Waals surface area (Å²) in [5.41, 5.74) is 6.53. The molecule has 1 aliphatic rings. The number of hydrogen-bond donors (Lipinski definition) is 1. The van der Waals surface area contributed by atoms with E-state index >= 15 is 0 Å². The fourth-order valence-corrected chi connectivity index (χ4v) is 3.73. The van der Waals surface area contributed by atoms with Crippen molar-refractivity contribution in [3.8, 4) is 5.75 Å². The molecule has 0 aliphatic carbocycles. The Labute approximate surface area is 130 Å². The SMILES string of the molecule is CCC1CN(CCOc2ccccc2C(N)=S)CCS1. The zero-order chi connectivity index (χ0) is 14.4. The van der Waals surface area contributed by atoms with Gasteiger partial charge in [0.25, 0.3) is 0 Å². The first-order valence-corrected chi connectivity index (χ1v) is 8.52. The highest BCUT2D eigenvalue weighted by atomic mass is 32.2. The summed E-state index contributed by atoms with van der Waals surface area (Å²) in [5.74, 6) is 2.01. The van der Waals surface area contributed by atoms with Gasteiger partial charge in [-0.15, -0.1) is 0 Å². The first-order valence-electron chi connectivity index (χ1n) is 7.06. The molecule has 0 amide bonds. The first kappa shape index (κ1) is 15.6. The predicted molar refractivity (Wildman–Crippen MR) is 90.8 cm³/mol. The van der Waals surface area contributed by atoms with Gasteiger partial charge < -0.3 is 10.5 Å². The van der Waals surface area contributed by atoms with Gasteiger partial charge in [0.1, 0.15) is 17.3 Å². The largest absolute Gasteiger partial charge is 0.492 e. The summed E-state index contributed by atoms with van der Waals surface area (Å²) in [7, 11) is 0. The maximum Gasteiger partial charge on any atom is 0.129 e. The number of nitrogens with zero attached hydrogens (tertiary/aromatic N) is 1. The number of nitrogens with two attached hydrogens (primary N) is 1. The van der Waals surface area contributed by atoms with Crippen LogP contribution < -0.4 is 10.5 Å². The standard InChI is InChI=1S/C15H22N2OS2/c1-2-12-11-17(8-10-20-12)7-9-18-14-6-4-3-5-13(14)15(16)19/h3-6,12H,2,7-11H2,1H3,(H2,16,19). The highest BCUT2D eigenvalue weighted by Crippen LogP contribution is 2.21. The molecule has 5 heteroatoms. The van der Waals surface area contributed by atoms with E-state index in [1.165, 1.54) is 18.7 Å². The molecule has 1 aromatic carbocycles. The normalized spacial score (nSPS) is 19.8. The minimum atomic E-state index is 0.390. The van der Waals surface area contributed by atoms with Crippen LogP contribution >= 0.6 is 24.0 Å². The Bertz CT molecular complexity index is 453. The third-order valence-electron chi connectivity index (χ3n) is 3.50. The van der Waals surface area contributed by atoms with E-state index in [9.17, 15) is 0 Å². The fraction of sp³-hybridized carbons (Fsp3) is 0.533. The summed E-state index contributed by atoms with van der Waals surface area (Å²) in [6.45, 7) is 6.22. The lowest BCUT2D eigenvalue weighted by molar-refractivity contribution is 0.212. The maximum atomic E-state index is 5.85. The number of hydrogen-bond acceptors (Lipinski definition) is 4. The average molecular weight is 310 g/mol. The smallest absolute Gasteiger partial charge is 0.129 e. The minimum absolute atomic E-state index is 0.390. The van der Waals surface area contributed by atoms with Crippen molar-refractivity contribution in [1.29, 1.82) is 0 Å². The first-order chi connectivity index (χ1) is 9.70. The molecule has 0 aromatic heterocycles. The Hall–Kier alpha value is -0.780. The summed E-state index contributed by atoms with van der Waals surface area (Å²) in [4.78, 5) is 2.87. The van der Waals surface area contributed by atoms with E-state index in [2.05, 4.69) is 23.6 Å². The van der Waals surface area contributed by atoms with Crippen LogP contribution in [0.1, 0.15) is 18.9 Å². The molecule has 0 bridgehead atoms. The van der Waals surface area contributed by atoms with Gasteiger partial charge >= 0.3 is 0 Å². The molecule has 0 spiro atoms. The molecule has 20 heavy (non-hydrogen) atoms. The molecule has 1 unspecified atom stereocenters. The van der Waals surface area contributed by atoms with Gasteiger partial charge in [0.05, 0.1) is 5.56 Å². The third kappa shape index (κ3) is 4.36. The van der Waals surface area contributed by atoms with Gasteiger partial charge in [-0.3, -0.25) is 4.90 Å². The number of ether oxygens (including phenoxy) is 1. The van der Waals surface area contributed by atoms with Gasteiger partial charge in [-0.05, 0) is 18.6 Å². The second-order valence-electron chi connectivity index (χ2n) is 4.91. The van der Waals surface area contributed by atoms with Crippen LogP contribution in [0, 0.1) is 0 Å². The number of thiocarbonyl (C=S) groups is 1. The number of benzene rings is 1. The van der Waals surface area contributed by atoms with Crippen molar-refractivity contribution in [3.05, 3.63) is 29.8 Å². The van der Waals surface area contributed by atoms with Crippen molar-refractivity contribution in [2.75, 3.05) is 32.0 Å². The van der Waals surface area contributed by atoms with E-state index in [1.54, 1.807) is 0 Å². The minimum Gasteiger partial charge on any atom is -0.492 e. The van der Waals surface area contributed by atoms with Gasteiger partial charge in [-0.25, -0.2) is 0 Å². The van der Waals surface area contributed by atoms with Crippen LogP contribution in [-0.4, -0.2) is 47.1 Å². The molecule has 1 saturated heterocycles. The molecule has 2 rings (SSSR count). The van der Waals surface area contributed by atoms with Gasteiger partial charge in [-0.1, -0.05) is 31.3 Å². The van der Waals surface area contributed by atoms with Crippen molar-refractivity contribution in [2.45, 2.75) is 18.6 Å². The van der Waals surface area contributed by atoms with Gasteiger partial charge in [0, 0.05) is 30.6 Å². The van der Waals surface area contributed by atoms with Crippen LogP contribution in [-0.2, 0) is 0 Å². The van der Waals surface area contributed by atoms with E-state index in [1.807, 2.05) is 24.3 Å². The Morgan fingerprint density at radius 2 is 2.30 bits per heavy atom. The average Bonchev–Trinajstić information content (AvgIpc) is 2.48. The highest BCUT2D eigenvalue weighted by molar-refractivity contribution is 8.00. The quantitative estimate of drug-likeness (QED) is 0.818. The summed E-state index contributed by atoms with van der Waals surface area (Å²) < 4.78 is 5.85. The second kappa shape index (κ2) is 7.86. The summed E-state index contributed by atoms with van der Waals surface area (Å²) >= 11 is 7.13. The molecule has 2 N–H and O–H groups in total. The molecule has 3 nitrogen and oxygen atoms in total. The van der Waals surface area contributed by atoms with Crippen LogP contribution in [0.15, 0.2) is 24.3 Å². The Kier molecular flexibility index (Phi) is 6.13. The molecule has 1 fully saturated rings. The third-order valence-corrected chi connectivity index (χ3v) is 5.09. The van der Waals surface area contributed by atoms with Crippen LogP contribution in [0.5, 0.6) is 5.75 Å². The highest BCUT2D eigenvalue weighted by Gasteiger charge is 2.18. The monoisotopic (exact) mass is 310 g/mol. The molecule has 1 heterocycles. The van der Waals surface area contributed by atoms with Crippen LogP contribution in [0.25, 0.3) is 0 Å². The van der Waals surface area contributed by atoms with E-state index in [-0.39, 0.29) is 0 Å². The lowest BCUT2D eigenvalue weighted by atomic mass is 10.2. The molecular formula is C15H22N2OS2. The fourth-order valence-electron chi connectivity index (χ4n) is 2.31. The second-order valence-corrected chi connectivity index (χ2v) is 6.76. The number of para-hydroxylation sites is 1. The van der Waals surface area contributed by atoms with Gasteiger partial charge in [0.15, 0.2) is 0 Å². The van der Waals surface area contributed by atoms with Crippen molar-refractivity contribution < 1.29 is 4.74 Å². The van der Waals surface area contributed by atoms with Gasteiger partial charge in [-0.2, -0.15) is 11.8 Å². The predicted octanol–water partition coefficient (Wildman–Crippen LogP) is 2.53. The lowest BCUT2D eigenvalue weighted by Gasteiger charge is -2.31. The molecule has 0 saturated carbocycles. The van der Waals surface area contributed by atoms with Crippen molar-refractivity contribution in [2.24, 2.45) is 5.73 Å². The van der Waals surface area contributed by atoms with Gasteiger partial charge in [0.2, 0.25) is 0 Å². The van der Waals surface area contributed by atoms with E-state index in [0.717, 1.165) is 29.7 Å². The van der Waals surface area contributed by atoms with Crippen LogP contribution in [0.2, 0.25) is 0 Å². The zero-order valence-corrected chi connectivity index (χ0v) is 13.5. The Morgan fingerprint density at radius 1 is 1.50 bits per heavy atom. The molecule has 1 aromatic rings.